The van der Waals surface area contributed by atoms with Crippen LogP contribution in [-0.2, 0) is 6.18 Å². The van der Waals surface area contributed by atoms with E-state index in [0.717, 1.165) is 6.07 Å². The molecule has 0 aromatic carbocycles. The Hall–Kier alpha value is -1.04. The van der Waals surface area contributed by atoms with E-state index in [4.69, 9.17) is 0 Å². The molecule has 0 unspecified atom stereocenters. The molecule has 2 nitrogen and oxygen atoms in total. The van der Waals surface area contributed by atoms with Crippen molar-refractivity contribution in [1.29, 1.82) is 0 Å². The number of halogens is 4. The molecule has 0 aliphatic carbocycles. The standard InChI is InChI=1S/C8H4BrF3N2/c9-5-3-6(8(10,11)12)7-13-1-2-14(7)4-5/h1-4H. The molecule has 0 aliphatic heterocycles. The van der Waals surface area contributed by atoms with E-state index in [-0.39, 0.29) is 5.65 Å². The second kappa shape index (κ2) is 2.98. The molecule has 14 heavy (non-hydrogen) atoms. The first-order valence-corrected chi connectivity index (χ1v) is 4.47. The first-order chi connectivity index (χ1) is 6.48. The lowest BCUT2D eigenvalue weighted by atomic mass is 10.2. The largest absolute Gasteiger partial charge is 0.420 e. The monoisotopic (exact) mass is 264 g/mol. The Bertz CT molecular complexity index is 475. The zero-order chi connectivity index (χ0) is 10.3. The molecular weight excluding hydrogens is 261 g/mol. The summed E-state index contributed by atoms with van der Waals surface area (Å²) in [5.74, 6) is 0. The summed E-state index contributed by atoms with van der Waals surface area (Å²) >= 11 is 3.01. The third-order valence-electron chi connectivity index (χ3n) is 1.76. The van der Waals surface area contributed by atoms with Crippen LogP contribution in [-0.4, -0.2) is 9.38 Å². The Labute approximate surface area is 85.5 Å². The van der Waals surface area contributed by atoms with Gasteiger partial charge in [0.05, 0.1) is 5.56 Å². The Morgan fingerprint density at radius 1 is 1.36 bits per heavy atom. The third-order valence-corrected chi connectivity index (χ3v) is 2.19. The molecule has 0 aliphatic rings. The van der Waals surface area contributed by atoms with E-state index in [1.807, 2.05) is 0 Å². The Kier molecular flexibility index (Phi) is 2.02. The SMILES string of the molecule is FC(F)(F)c1cc(Br)cn2ccnc12. The smallest absolute Gasteiger partial charge is 0.305 e. The first kappa shape index (κ1) is 9.51. The van der Waals surface area contributed by atoms with Gasteiger partial charge in [0.1, 0.15) is 5.65 Å². The molecule has 2 rings (SSSR count). The molecule has 0 amide bonds. The lowest BCUT2D eigenvalue weighted by Gasteiger charge is -2.08. The molecule has 0 bridgehead atoms. The van der Waals surface area contributed by atoms with Gasteiger partial charge >= 0.3 is 6.18 Å². The number of aromatic nitrogens is 2. The first-order valence-electron chi connectivity index (χ1n) is 3.68. The van der Waals surface area contributed by atoms with Crippen LogP contribution in [0.15, 0.2) is 29.1 Å². The number of alkyl halides is 3. The summed E-state index contributed by atoms with van der Waals surface area (Å²) in [4.78, 5) is 3.65. The molecule has 0 radical (unpaired) electrons. The molecule has 2 aromatic heterocycles. The molecule has 0 spiro atoms. The summed E-state index contributed by atoms with van der Waals surface area (Å²) in [6, 6.07) is 1.02. The molecule has 2 aromatic rings. The minimum Gasteiger partial charge on any atom is -0.305 e. The summed E-state index contributed by atoms with van der Waals surface area (Å²) in [5, 5.41) is 0. The van der Waals surface area contributed by atoms with Gasteiger partial charge in [0.25, 0.3) is 0 Å². The van der Waals surface area contributed by atoms with Crippen molar-refractivity contribution in [2.75, 3.05) is 0 Å². The van der Waals surface area contributed by atoms with Crippen molar-refractivity contribution in [1.82, 2.24) is 9.38 Å². The number of fused-ring (bicyclic) bond motifs is 1. The molecular formula is C8H4BrF3N2. The van der Waals surface area contributed by atoms with Crippen molar-refractivity contribution < 1.29 is 13.2 Å². The average molecular weight is 265 g/mol. The molecule has 6 heteroatoms. The summed E-state index contributed by atoms with van der Waals surface area (Å²) in [6.07, 6.45) is -0.0553. The van der Waals surface area contributed by atoms with Crippen molar-refractivity contribution in [3.63, 3.8) is 0 Å². The Morgan fingerprint density at radius 3 is 2.71 bits per heavy atom. The minimum atomic E-state index is -4.38. The second-order valence-electron chi connectivity index (χ2n) is 2.73. The maximum absolute atomic E-state index is 12.5. The zero-order valence-electron chi connectivity index (χ0n) is 6.72. The predicted octanol–water partition coefficient (Wildman–Crippen LogP) is 3.12. The van der Waals surface area contributed by atoms with Crippen LogP contribution in [0, 0.1) is 0 Å². The summed E-state index contributed by atoms with van der Waals surface area (Å²) in [5.41, 5.74) is -0.822. The van der Waals surface area contributed by atoms with Crippen molar-refractivity contribution in [3.05, 3.63) is 34.7 Å². The van der Waals surface area contributed by atoms with E-state index < -0.39 is 11.7 Å². The van der Waals surface area contributed by atoms with Crippen molar-refractivity contribution in [3.8, 4) is 0 Å². The van der Waals surface area contributed by atoms with Crippen LogP contribution < -0.4 is 0 Å². The Balaban J connectivity index is 2.80. The number of pyridine rings is 1. The summed E-state index contributed by atoms with van der Waals surface area (Å²) < 4.78 is 39.2. The predicted molar refractivity (Wildman–Crippen MR) is 47.9 cm³/mol. The number of imidazole rings is 1. The van der Waals surface area contributed by atoms with Crippen LogP contribution in [0.25, 0.3) is 5.65 Å². The fourth-order valence-corrected chi connectivity index (χ4v) is 1.66. The topological polar surface area (TPSA) is 17.3 Å². The summed E-state index contributed by atoms with van der Waals surface area (Å²) in [7, 11) is 0. The minimum absolute atomic E-state index is 0.0827. The van der Waals surface area contributed by atoms with Gasteiger partial charge in [-0.3, -0.25) is 0 Å². The van der Waals surface area contributed by atoms with Gasteiger partial charge in [0.15, 0.2) is 0 Å². The maximum Gasteiger partial charge on any atom is 0.420 e. The summed E-state index contributed by atoms with van der Waals surface area (Å²) in [6.45, 7) is 0. The van der Waals surface area contributed by atoms with E-state index in [9.17, 15) is 13.2 Å². The molecule has 0 atom stereocenters. The fourth-order valence-electron chi connectivity index (χ4n) is 1.21. The van der Waals surface area contributed by atoms with Gasteiger partial charge in [-0.25, -0.2) is 4.98 Å². The highest BCUT2D eigenvalue weighted by Crippen LogP contribution is 2.33. The fraction of sp³-hybridized carbons (Fsp3) is 0.125. The van der Waals surface area contributed by atoms with Crippen LogP contribution >= 0.6 is 15.9 Å². The van der Waals surface area contributed by atoms with E-state index in [0.29, 0.717) is 4.47 Å². The Morgan fingerprint density at radius 2 is 2.07 bits per heavy atom. The number of hydrogen-bond donors (Lipinski definition) is 0. The van der Waals surface area contributed by atoms with E-state index in [1.54, 1.807) is 0 Å². The van der Waals surface area contributed by atoms with Gasteiger partial charge in [-0.2, -0.15) is 13.2 Å². The van der Waals surface area contributed by atoms with Crippen molar-refractivity contribution >= 4 is 21.6 Å². The zero-order valence-corrected chi connectivity index (χ0v) is 8.30. The van der Waals surface area contributed by atoms with Crippen LogP contribution in [0.5, 0.6) is 0 Å². The highest BCUT2D eigenvalue weighted by atomic mass is 79.9. The normalized spacial score (nSPS) is 12.3. The molecule has 0 fully saturated rings. The van der Waals surface area contributed by atoms with E-state index in [1.165, 1.54) is 23.0 Å². The van der Waals surface area contributed by atoms with E-state index >= 15 is 0 Å². The van der Waals surface area contributed by atoms with Crippen LogP contribution in [0.3, 0.4) is 0 Å². The van der Waals surface area contributed by atoms with Gasteiger partial charge in [0.2, 0.25) is 0 Å². The number of nitrogens with zero attached hydrogens (tertiary/aromatic N) is 2. The second-order valence-corrected chi connectivity index (χ2v) is 3.64. The van der Waals surface area contributed by atoms with Gasteiger partial charge in [-0.1, -0.05) is 0 Å². The lowest BCUT2D eigenvalue weighted by molar-refractivity contribution is -0.136. The number of rotatable bonds is 0. The van der Waals surface area contributed by atoms with Crippen LogP contribution in [0.2, 0.25) is 0 Å². The molecule has 0 saturated heterocycles. The highest BCUT2D eigenvalue weighted by molar-refractivity contribution is 9.10. The number of hydrogen-bond acceptors (Lipinski definition) is 1. The molecule has 0 N–H and O–H groups in total. The maximum atomic E-state index is 12.5. The van der Waals surface area contributed by atoms with Gasteiger partial charge in [-0.15, -0.1) is 0 Å². The molecule has 2 heterocycles. The van der Waals surface area contributed by atoms with Gasteiger partial charge in [-0.05, 0) is 22.0 Å². The molecule has 0 saturated carbocycles. The van der Waals surface area contributed by atoms with Crippen LogP contribution in [0.4, 0.5) is 13.2 Å². The van der Waals surface area contributed by atoms with E-state index in [2.05, 4.69) is 20.9 Å². The van der Waals surface area contributed by atoms with Gasteiger partial charge in [0, 0.05) is 23.1 Å². The van der Waals surface area contributed by atoms with Crippen molar-refractivity contribution in [2.45, 2.75) is 6.18 Å². The lowest BCUT2D eigenvalue weighted by Crippen LogP contribution is -2.07. The average Bonchev–Trinajstić information content (AvgIpc) is 2.47. The van der Waals surface area contributed by atoms with Crippen LogP contribution in [0.1, 0.15) is 5.56 Å². The third kappa shape index (κ3) is 1.50. The van der Waals surface area contributed by atoms with Gasteiger partial charge < -0.3 is 4.40 Å². The van der Waals surface area contributed by atoms with Crippen molar-refractivity contribution in [2.24, 2.45) is 0 Å². The highest BCUT2D eigenvalue weighted by Gasteiger charge is 2.34. The quantitative estimate of drug-likeness (QED) is 0.715. The molecule has 74 valence electrons.